The Labute approximate surface area is 214 Å². The molecule has 0 saturated carbocycles. The lowest BCUT2D eigenvalue weighted by Crippen LogP contribution is -2.45. The molecule has 1 fully saturated rings. The van der Waals surface area contributed by atoms with Crippen LogP contribution in [0.25, 0.3) is 10.9 Å². The van der Waals surface area contributed by atoms with Crippen molar-refractivity contribution in [3.63, 3.8) is 0 Å². The van der Waals surface area contributed by atoms with E-state index in [0.717, 1.165) is 31.9 Å². The first-order chi connectivity index (χ1) is 16.9. The Hall–Kier alpha value is -3.60. The van der Waals surface area contributed by atoms with E-state index >= 15 is 0 Å². The van der Waals surface area contributed by atoms with E-state index < -0.39 is 17.4 Å². The third-order valence-electron chi connectivity index (χ3n) is 6.13. The Bertz CT molecular complexity index is 1300. The van der Waals surface area contributed by atoms with Crippen LogP contribution < -0.4 is 20.9 Å². The van der Waals surface area contributed by atoms with Crippen molar-refractivity contribution in [2.24, 2.45) is 0 Å². The smallest absolute Gasteiger partial charge is 0.335 e. The molecular weight excluding hydrogens is 486 g/mol. The van der Waals surface area contributed by atoms with E-state index in [9.17, 15) is 19.5 Å². The molecule has 11 heteroatoms. The number of nitrogens with zero attached hydrogens (tertiary/aromatic N) is 2. The number of likely N-dealkylation sites (N-methyl/N-ethyl adjacent to an activating group) is 1. The number of H-pyrrole nitrogens is 1. The number of para-hydroxylation sites is 1. The summed E-state index contributed by atoms with van der Waals surface area (Å²) < 4.78 is 5.90. The van der Waals surface area contributed by atoms with Gasteiger partial charge in [0.1, 0.15) is 17.9 Å². The number of carbonyl (C=O) groups is 2. The first-order valence-electron chi connectivity index (χ1n) is 11.4. The summed E-state index contributed by atoms with van der Waals surface area (Å²) in [7, 11) is 3.83. The predicted molar refractivity (Wildman–Crippen MR) is 142 cm³/mol. The van der Waals surface area contributed by atoms with Gasteiger partial charge in [0.15, 0.2) is 0 Å². The highest BCUT2D eigenvalue weighted by Gasteiger charge is 2.18. The van der Waals surface area contributed by atoms with Crippen molar-refractivity contribution >= 4 is 46.6 Å². The van der Waals surface area contributed by atoms with Gasteiger partial charge in [0.2, 0.25) is 0 Å². The molecule has 0 aliphatic carbocycles. The molecule has 1 aliphatic rings. The molecule has 10 nitrogen and oxygen atoms in total. The summed E-state index contributed by atoms with van der Waals surface area (Å²) in [6.07, 6.45) is 0. The second-order valence-corrected chi connectivity index (χ2v) is 8.50. The number of piperazine rings is 1. The molecule has 1 aromatic heterocycles. The SMILES string of the molecule is CNc1cccc2cc(C(=O)Nc3ccc(C(=O)O)cc3OCCN3CCN(C)CC3)c(=O)[nH]c12.Cl. The van der Waals surface area contributed by atoms with Crippen molar-refractivity contribution in [1.82, 2.24) is 14.8 Å². The number of aromatic amines is 1. The van der Waals surface area contributed by atoms with Crippen LogP contribution in [0.1, 0.15) is 20.7 Å². The number of amides is 1. The van der Waals surface area contributed by atoms with Gasteiger partial charge in [-0.3, -0.25) is 14.5 Å². The van der Waals surface area contributed by atoms with E-state index in [1.54, 1.807) is 13.1 Å². The molecule has 3 aromatic rings. The highest BCUT2D eigenvalue weighted by atomic mass is 35.5. The number of hydrogen-bond donors (Lipinski definition) is 4. The number of pyridine rings is 1. The summed E-state index contributed by atoms with van der Waals surface area (Å²) in [5, 5.41) is 15.8. The average molecular weight is 516 g/mol. The summed E-state index contributed by atoms with van der Waals surface area (Å²) in [4.78, 5) is 44.5. The number of ether oxygens (including phenoxy) is 1. The molecule has 4 N–H and O–H groups in total. The number of halogens is 1. The van der Waals surface area contributed by atoms with Crippen LogP contribution in [-0.2, 0) is 0 Å². The largest absolute Gasteiger partial charge is 0.490 e. The van der Waals surface area contributed by atoms with Crippen LogP contribution in [0.3, 0.4) is 0 Å². The molecule has 2 aromatic carbocycles. The van der Waals surface area contributed by atoms with Gasteiger partial charge < -0.3 is 30.4 Å². The molecule has 1 saturated heterocycles. The standard InChI is InChI=1S/C25H29N5O5.ClH/c1-26-20-5-3-4-16-14-18(24(32)28-22(16)20)23(31)27-19-7-6-17(25(33)34)15-21(19)35-13-12-30-10-8-29(2)9-11-30;/h3-7,14-15,26H,8-13H2,1-2H3,(H,27,31)(H,28,32)(H,33,34);1H. The van der Waals surface area contributed by atoms with Gasteiger partial charge in [0.25, 0.3) is 11.5 Å². The lowest BCUT2D eigenvalue weighted by Gasteiger charge is -2.32. The molecule has 36 heavy (non-hydrogen) atoms. The fourth-order valence-corrected chi connectivity index (χ4v) is 4.03. The van der Waals surface area contributed by atoms with Gasteiger partial charge >= 0.3 is 5.97 Å². The fraction of sp³-hybridized carbons (Fsp3) is 0.320. The minimum absolute atomic E-state index is 0. The zero-order valence-corrected chi connectivity index (χ0v) is 21.0. The van der Waals surface area contributed by atoms with E-state index in [0.29, 0.717) is 29.7 Å². The second kappa shape index (κ2) is 11.9. The van der Waals surface area contributed by atoms with Gasteiger partial charge in [-0.1, -0.05) is 12.1 Å². The Morgan fingerprint density at radius 2 is 1.83 bits per heavy atom. The molecule has 4 rings (SSSR count). The minimum atomic E-state index is -1.10. The normalized spacial score (nSPS) is 14.2. The molecule has 1 amide bonds. The van der Waals surface area contributed by atoms with Crippen molar-refractivity contribution in [2.45, 2.75) is 0 Å². The minimum Gasteiger partial charge on any atom is -0.490 e. The number of hydrogen-bond acceptors (Lipinski definition) is 7. The van der Waals surface area contributed by atoms with Crippen molar-refractivity contribution in [3.8, 4) is 5.75 Å². The zero-order valence-electron chi connectivity index (χ0n) is 20.2. The highest BCUT2D eigenvalue weighted by molar-refractivity contribution is 6.07. The van der Waals surface area contributed by atoms with Crippen LogP contribution in [-0.4, -0.2) is 85.2 Å². The number of carboxylic acids is 1. The Kier molecular flexibility index (Phi) is 8.92. The molecule has 1 aliphatic heterocycles. The van der Waals surface area contributed by atoms with Gasteiger partial charge in [0.05, 0.1) is 22.5 Å². The maximum Gasteiger partial charge on any atom is 0.335 e. The van der Waals surface area contributed by atoms with Crippen molar-refractivity contribution in [1.29, 1.82) is 0 Å². The van der Waals surface area contributed by atoms with Crippen LogP contribution in [0, 0.1) is 0 Å². The summed E-state index contributed by atoms with van der Waals surface area (Å²) in [6.45, 7) is 4.82. The predicted octanol–water partition coefficient (Wildman–Crippen LogP) is 2.57. The fourth-order valence-electron chi connectivity index (χ4n) is 4.03. The second-order valence-electron chi connectivity index (χ2n) is 8.50. The van der Waals surface area contributed by atoms with E-state index in [4.69, 9.17) is 4.74 Å². The molecule has 0 spiro atoms. The number of benzene rings is 2. The van der Waals surface area contributed by atoms with Gasteiger partial charge in [-0.05, 0) is 37.4 Å². The topological polar surface area (TPSA) is 127 Å². The number of anilines is 2. The monoisotopic (exact) mass is 515 g/mol. The van der Waals surface area contributed by atoms with Gasteiger partial charge in [-0.15, -0.1) is 12.4 Å². The first kappa shape index (κ1) is 27.0. The maximum absolute atomic E-state index is 13.0. The third kappa shape index (κ3) is 6.14. The number of rotatable bonds is 8. The lowest BCUT2D eigenvalue weighted by atomic mass is 10.1. The van der Waals surface area contributed by atoms with Crippen molar-refractivity contribution in [2.75, 3.05) is 64.1 Å². The Balaban J connectivity index is 0.00000361. The molecule has 192 valence electrons. The number of fused-ring (bicyclic) bond motifs is 1. The Morgan fingerprint density at radius 1 is 1.08 bits per heavy atom. The number of nitrogens with one attached hydrogen (secondary N) is 3. The van der Waals surface area contributed by atoms with Gasteiger partial charge in [-0.2, -0.15) is 0 Å². The highest BCUT2D eigenvalue weighted by Crippen LogP contribution is 2.27. The summed E-state index contributed by atoms with van der Waals surface area (Å²) in [5.41, 5.74) is 1.10. The van der Waals surface area contributed by atoms with E-state index in [2.05, 4.69) is 32.5 Å². The van der Waals surface area contributed by atoms with Crippen LogP contribution >= 0.6 is 12.4 Å². The van der Waals surface area contributed by atoms with E-state index in [1.807, 2.05) is 12.1 Å². The number of aromatic carboxylic acids is 1. The van der Waals surface area contributed by atoms with E-state index in [-0.39, 0.29) is 29.3 Å². The number of aromatic nitrogens is 1. The van der Waals surface area contributed by atoms with Crippen LogP contribution in [0.15, 0.2) is 47.3 Å². The summed E-state index contributed by atoms with van der Waals surface area (Å²) in [5.74, 6) is -1.48. The zero-order chi connectivity index (χ0) is 24.9. The summed E-state index contributed by atoms with van der Waals surface area (Å²) in [6, 6.07) is 11.2. The van der Waals surface area contributed by atoms with Crippen LogP contribution in [0.4, 0.5) is 11.4 Å². The molecule has 2 heterocycles. The van der Waals surface area contributed by atoms with Crippen LogP contribution in [0.5, 0.6) is 5.75 Å². The first-order valence-corrected chi connectivity index (χ1v) is 11.4. The average Bonchev–Trinajstić information content (AvgIpc) is 2.85. The Morgan fingerprint density at radius 3 is 2.53 bits per heavy atom. The van der Waals surface area contributed by atoms with Crippen molar-refractivity contribution in [3.05, 3.63) is 63.9 Å². The lowest BCUT2D eigenvalue weighted by molar-refractivity contribution is 0.0696. The van der Waals surface area contributed by atoms with Crippen molar-refractivity contribution < 1.29 is 19.4 Å². The third-order valence-corrected chi connectivity index (χ3v) is 6.13. The molecular formula is C25H30ClN5O5. The molecule has 0 unspecified atom stereocenters. The van der Waals surface area contributed by atoms with Crippen LogP contribution in [0.2, 0.25) is 0 Å². The van der Waals surface area contributed by atoms with Gasteiger partial charge in [-0.25, -0.2) is 4.79 Å². The number of carbonyl (C=O) groups excluding carboxylic acids is 1. The van der Waals surface area contributed by atoms with Gasteiger partial charge in [0, 0.05) is 45.2 Å². The van der Waals surface area contributed by atoms with E-state index in [1.165, 1.54) is 24.3 Å². The molecule has 0 radical (unpaired) electrons. The molecule has 0 atom stereocenters. The maximum atomic E-state index is 13.0. The summed E-state index contributed by atoms with van der Waals surface area (Å²) >= 11 is 0. The number of carboxylic acid groups (broad SMARTS) is 1. The quantitative estimate of drug-likeness (QED) is 0.360. The molecule has 0 bridgehead atoms.